The Balaban J connectivity index is 1.82. The Labute approximate surface area is 143 Å². The van der Waals surface area contributed by atoms with Crippen LogP contribution in [0.1, 0.15) is 31.4 Å². The molecule has 2 amide bonds. The maximum atomic E-state index is 11.8. The van der Waals surface area contributed by atoms with Crippen LogP contribution in [0.3, 0.4) is 0 Å². The van der Waals surface area contributed by atoms with E-state index >= 15 is 0 Å². The number of amides is 2. The van der Waals surface area contributed by atoms with Crippen LogP contribution in [0.5, 0.6) is 0 Å². The number of hydrogen-bond acceptors (Lipinski definition) is 4. The number of halogens is 2. The summed E-state index contributed by atoms with van der Waals surface area (Å²) in [5.41, 5.74) is 0.707. The van der Waals surface area contributed by atoms with E-state index in [1.165, 1.54) is 0 Å². The van der Waals surface area contributed by atoms with Crippen LogP contribution >= 0.6 is 23.2 Å². The van der Waals surface area contributed by atoms with Crippen LogP contribution in [0.4, 0.5) is 0 Å². The van der Waals surface area contributed by atoms with Gasteiger partial charge in [-0.25, -0.2) is 4.79 Å². The van der Waals surface area contributed by atoms with Crippen LogP contribution in [0.2, 0.25) is 10.0 Å². The minimum absolute atomic E-state index is 0.192. The largest absolute Gasteiger partial charge is 0.454 e. The second kappa shape index (κ2) is 7.66. The highest BCUT2D eigenvalue weighted by atomic mass is 35.5. The monoisotopic (exact) mass is 358 g/mol. The average molecular weight is 359 g/mol. The summed E-state index contributed by atoms with van der Waals surface area (Å²) in [6, 6.07) is 3.95. The normalized spacial score (nSPS) is 18.2. The quantitative estimate of drug-likeness (QED) is 0.788. The van der Waals surface area contributed by atoms with E-state index in [2.05, 4.69) is 10.6 Å². The Kier molecular flexibility index (Phi) is 5.85. The molecule has 1 aromatic carbocycles. The molecule has 2 atom stereocenters. The molecule has 0 bridgehead atoms. The van der Waals surface area contributed by atoms with Crippen molar-refractivity contribution < 1.29 is 19.1 Å². The van der Waals surface area contributed by atoms with Crippen molar-refractivity contribution in [2.75, 3.05) is 6.61 Å². The molecule has 0 spiro atoms. The van der Waals surface area contributed by atoms with Crippen molar-refractivity contribution in [1.29, 1.82) is 0 Å². The summed E-state index contributed by atoms with van der Waals surface area (Å²) in [6.45, 7) is 1.34. The fraction of sp³-hybridized carbons (Fsp3) is 0.400. The fourth-order valence-electron chi connectivity index (χ4n) is 2.24. The van der Waals surface area contributed by atoms with Crippen LogP contribution < -0.4 is 10.6 Å². The molecule has 23 heavy (non-hydrogen) atoms. The highest BCUT2D eigenvalue weighted by molar-refractivity contribution is 6.35. The van der Waals surface area contributed by atoms with Crippen molar-refractivity contribution in [3.05, 3.63) is 33.8 Å². The maximum absolute atomic E-state index is 11.8. The molecule has 1 fully saturated rings. The minimum Gasteiger partial charge on any atom is -0.454 e. The van der Waals surface area contributed by atoms with Crippen LogP contribution in [0, 0.1) is 0 Å². The van der Waals surface area contributed by atoms with E-state index in [0.717, 1.165) is 0 Å². The van der Waals surface area contributed by atoms with Gasteiger partial charge in [0, 0.05) is 16.5 Å². The zero-order valence-corrected chi connectivity index (χ0v) is 13.9. The third-order valence-corrected chi connectivity index (χ3v) is 3.99. The predicted octanol–water partition coefficient (Wildman–Crippen LogP) is 1.99. The number of nitrogens with one attached hydrogen (secondary N) is 2. The second-order valence-electron chi connectivity index (χ2n) is 5.22. The molecule has 0 saturated carbocycles. The van der Waals surface area contributed by atoms with Crippen molar-refractivity contribution >= 4 is 41.0 Å². The molecule has 2 N–H and O–H groups in total. The topological polar surface area (TPSA) is 84.5 Å². The van der Waals surface area contributed by atoms with E-state index in [1.54, 1.807) is 25.1 Å². The Morgan fingerprint density at radius 1 is 1.43 bits per heavy atom. The number of benzene rings is 1. The lowest BCUT2D eigenvalue weighted by atomic mass is 10.1. The number of esters is 1. The summed E-state index contributed by atoms with van der Waals surface area (Å²) < 4.78 is 4.90. The molecule has 6 nitrogen and oxygen atoms in total. The summed E-state index contributed by atoms with van der Waals surface area (Å²) >= 11 is 11.9. The molecule has 1 heterocycles. The third kappa shape index (κ3) is 4.84. The molecule has 0 radical (unpaired) electrons. The van der Waals surface area contributed by atoms with Gasteiger partial charge in [0.05, 0.1) is 6.04 Å². The number of carbonyl (C=O) groups is 3. The lowest BCUT2D eigenvalue weighted by Gasteiger charge is -2.16. The number of ether oxygens (including phenoxy) is 1. The van der Waals surface area contributed by atoms with Gasteiger partial charge < -0.3 is 15.4 Å². The van der Waals surface area contributed by atoms with Crippen LogP contribution in [-0.2, 0) is 19.1 Å². The molecule has 1 aliphatic heterocycles. The van der Waals surface area contributed by atoms with Gasteiger partial charge in [0.2, 0.25) is 5.91 Å². The van der Waals surface area contributed by atoms with Gasteiger partial charge in [-0.1, -0.05) is 29.3 Å². The Bertz CT molecular complexity index is 636. The first-order valence-electron chi connectivity index (χ1n) is 7.07. The van der Waals surface area contributed by atoms with Gasteiger partial charge in [0.15, 0.2) is 6.61 Å². The second-order valence-corrected chi connectivity index (χ2v) is 6.07. The molecular formula is C15H16Cl2N2O4. The summed E-state index contributed by atoms with van der Waals surface area (Å²) in [5, 5.41) is 6.11. The number of hydrogen-bond donors (Lipinski definition) is 2. The molecule has 2 rings (SSSR count). The van der Waals surface area contributed by atoms with Gasteiger partial charge in [-0.2, -0.15) is 0 Å². The lowest BCUT2D eigenvalue weighted by Crippen LogP contribution is -2.37. The minimum atomic E-state index is -0.668. The van der Waals surface area contributed by atoms with Gasteiger partial charge in [-0.3, -0.25) is 9.59 Å². The molecule has 0 unspecified atom stereocenters. The Hall–Kier alpha value is -1.79. The van der Waals surface area contributed by atoms with E-state index in [9.17, 15) is 14.4 Å². The van der Waals surface area contributed by atoms with Crippen LogP contribution in [-0.4, -0.2) is 30.4 Å². The van der Waals surface area contributed by atoms with E-state index in [-0.39, 0.29) is 18.4 Å². The molecule has 0 aromatic heterocycles. The standard InChI is InChI=1S/C15H16Cl2N2O4/c1-8(10-3-2-9(16)6-11(10)17)18-14(21)7-23-15(22)12-4-5-13(20)19-12/h2-3,6,8,12H,4-5,7H2,1H3,(H,18,21)(H,19,20)/t8-,12-/m0/s1. The first-order chi connectivity index (χ1) is 10.9. The van der Waals surface area contributed by atoms with Gasteiger partial charge in [0.1, 0.15) is 6.04 Å². The molecule has 1 aliphatic rings. The van der Waals surface area contributed by atoms with Crippen molar-refractivity contribution in [2.24, 2.45) is 0 Å². The molecule has 8 heteroatoms. The first kappa shape index (κ1) is 17.6. The van der Waals surface area contributed by atoms with Gasteiger partial charge in [0.25, 0.3) is 5.91 Å². The lowest BCUT2D eigenvalue weighted by molar-refractivity contribution is -0.150. The number of rotatable bonds is 5. The zero-order chi connectivity index (χ0) is 17.0. The van der Waals surface area contributed by atoms with Crippen molar-refractivity contribution in [2.45, 2.75) is 31.8 Å². The van der Waals surface area contributed by atoms with Crippen LogP contribution in [0.25, 0.3) is 0 Å². The third-order valence-electron chi connectivity index (χ3n) is 3.43. The molecule has 124 valence electrons. The highest BCUT2D eigenvalue weighted by Crippen LogP contribution is 2.25. The van der Waals surface area contributed by atoms with Crippen molar-refractivity contribution in [3.63, 3.8) is 0 Å². The fourth-order valence-corrected chi connectivity index (χ4v) is 2.81. The van der Waals surface area contributed by atoms with Gasteiger partial charge in [-0.15, -0.1) is 0 Å². The predicted molar refractivity (Wildman–Crippen MR) is 85.1 cm³/mol. The Morgan fingerprint density at radius 2 is 2.17 bits per heavy atom. The Morgan fingerprint density at radius 3 is 2.78 bits per heavy atom. The molecular weight excluding hydrogens is 343 g/mol. The zero-order valence-electron chi connectivity index (χ0n) is 12.4. The van der Waals surface area contributed by atoms with E-state index < -0.39 is 24.5 Å². The first-order valence-corrected chi connectivity index (χ1v) is 7.82. The van der Waals surface area contributed by atoms with Crippen molar-refractivity contribution in [3.8, 4) is 0 Å². The summed E-state index contributed by atoms with van der Waals surface area (Å²) in [7, 11) is 0. The smallest absolute Gasteiger partial charge is 0.329 e. The van der Waals surface area contributed by atoms with E-state index in [4.69, 9.17) is 27.9 Å². The van der Waals surface area contributed by atoms with Gasteiger partial charge in [-0.05, 0) is 31.0 Å². The van der Waals surface area contributed by atoms with Crippen molar-refractivity contribution in [1.82, 2.24) is 10.6 Å². The molecule has 1 saturated heterocycles. The van der Waals surface area contributed by atoms with Crippen LogP contribution in [0.15, 0.2) is 18.2 Å². The summed E-state index contributed by atoms with van der Waals surface area (Å²) in [5.74, 6) is -1.26. The van der Waals surface area contributed by atoms with E-state index in [1.807, 2.05) is 0 Å². The molecule has 0 aliphatic carbocycles. The SMILES string of the molecule is C[C@H](NC(=O)COC(=O)[C@@H]1CCC(=O)N1)c1ccc(Cl)cc1Cl. The van der Waals surface area contributed by atoms with Gasteiger partial charge >= 0.3 is 5.97 Å². The summed E-state index contributed by atoms with van der Waals surface area (Å²) in [6.07, 6.45) is 0.675. The maximum Gasteiger partial charge on any atom is 0.329 e. The average Bonchev–Trinajstić information content (AvgIpc) is 2.91. The van der Waals surface area contributed by atoms with E-state index in [0.29, 0.717) is 22.0 Å². The molecule has 1 aromatic rings. The summed E-state index contributed by atoms with van der Waals surface area (Å²) in [4.78, 5) is 34.6. The number of carbonyl (C=O) groups excluding carboxylic acids is 3. The highest BCUT2D eigenvalue weighted by Gasteiger charge is 2.28.